The summed E-state index contributed by atoms with van der Waals surface area (Å²) in [5.74, 6) is 0.547. The maximum atomic E-state index is 6.05. The molecule has 3 nitrogen and oxygen atoms in total. The van der Waals surface area contributed by atoms with E-state index in [9.17, 15) is 0 Å². The van der Waals surface area contributed by atoms with Gasteiger partial charge in [-0.25, -0.2) is 0 Å². The number of hydrogen-bond donors (Lipinski definition) is 3. The van der Waals surface area contributed by atoms with Gasteiger partial charge in [-0.1, -0.05) is 52.8 Å². The number of hydrogen-bond acceptors (Lipinski definition) is 2. The van der Waals surface area contributed by atoms with Gasteiger partial charge in [0.2, 0.25) is 0 Å². The van der Waals surface area contributed by atoms with Crippen molar-refractivity contribution in [3.05, 3.63) is 140 Å². The zero-order valence-corrected chi connectivity index (χ0v) is 26.9. The normalized spacial score (nSPS) is 30.5. The van der Waals surface area contributed by atoms with Crippen LogP contribution in [0.5, 0.6) is 0 Å². The van der Waals surface area contributed by atoms with Crippen LogP contribution in [-0.4, -0.2) is 4.98 Å². The van der Waals surface area contributed by atoms with Gasteiger partial charge in [-0.15, -0.1) is 0 Å². The molecule has 1 saturated heterocycles. The first-order chi connectivity index (χ1) is 19.8. The Kier molecular flexibility index (Phi) is 8.92. The summed E-state index contributed by atoms with van der Waals surface area (Å²) >= 11 is 0. The zero-order chi connectivity index (χ0) is 31.0. The van der Waals surface area contributed by atoms with Crippen LogP contribution in [0.3, 0.4) is 0 Å². The van der Waals surface area contributed by atoms with Crippen molar-refractivity contribution in [2.75, 3.05) is 0 Å². The summed E-state index contributed by atoms with van der Waals surface area (Å²) in [7, 11) is 0. The Labute approximate surface area is 254 Å². The zero-order valence-electron chi connectivity index (χ0n) is 26.9. The summed E-state index contributed by atoms with van der Waals surface area (Å²) in [5, 5.41) is 3.84. The molecule has 2 unspecified atom stereocenters. The highest BCUT2D eigenvalue weighted by Gasteiger charge is 2.37. The molecule has 0 spiro atoms. The van der Waals surface area contributed by atoms with Gasteiger partial charge in [0, 0.05) is 40.3 Å². The van der Waals surface area contributed by atoms with Crippen molar-refractivity contribution in [1.29, 1.82) is 0 Å². The third kappa shape index (κ3) is 5.57. The van der Waals surface area contributed by atoms with E-state index in [0.29, 0.717) is 0 Å². The first-order valence-corrected chi connectivity index (χ1v) is 15.1. The number of H-pyrrole nitrogens is 1. The summed E-state index contributed by atoms with van der Waals surface area (Å²) in [4.78, 5) is 3.73. The third-order valence-electron chi connectivity index (χ3n) is 9.59. The molecule has 2 aliphatic heterocycles. The van der Waals surface area contributed by atoms with E-state index in [1.807, 2.05) is 6.08 Å². The molecular weight excluding hydrogens is 510 g/mol. The minimum Gasteiger partial charge on any atom is -0.403 e. The van der Waals surface area contributed by atoms with Crippen molar-refractivity contribution in [2.45, 2.75) is 74.1 Å². The van der Waals surface area contributed by atoms with Gasteiger partial charge < -0.3 is 16.0 Å². The van der Waals surface area contributed by atoms with E-state index in [4.69, 9.17) is 5.73 Å². The predicted octanol–water partition coefficient (Wildman–Crippen LogP) is 9.84. The smallest absolute Gasteiger partial charge is 0.0422 e. The highest BCUT2D eigenvalue weighted by atomic mass is 15.0. The number of nitrogens with two attached hydrogens (primary N) is 1. The van der Waals surface area contributed by atoms with Gasteiger partial charge in [0.1, 0.15) is 0 Å². The molecule has 3 aliphatic rings. The Morgan fingerprint density at radius 1 is 1.00 bits per heavy atom. The summed E-state index contributed by atoms with van der Waals surface area (Å²) in [6.45, 7) is 37.2. The predicted molar refractivity (Wildman–Crippen MR) is 183 cm³/mol. The average molecular weight is 560 g/mol. The number of allylic oxidation sites excluding steroid dienone is 15. The van der Waals surface area contributed by atoms with Crippen molar-refractivity contribution in [1.82, 2.24) is 10.3 Å². The molecule has 4 rings (SSSR count). The molecule has 1 aromatic heterocycles. The fourth-order valence-corrected chi connectivity index (χ4v) is 6.85. The van der Waals surface area contributed by atoms with Crippen LogP contribution in [-0.2, 0) is 6.42 Å². The summed E-state index contributed by atoms with van der Waals surface area (Å²) in [6.07, 6.45) is 12.1. The molecule has 1 saturated carbocycles. The summed E-state index contributed by atoms with van der Waals surface area (Å²) < 4.78 is 0. The Hall–Kier alpha value is -3.98. The fraction of sp³-hybridized carbons (Fsp3) is 0.333. The van der Waals surface area contributed by atoms with E-state index >= 15 is 0 Å². The Balaban J connectivity index is 2.03. The Morgan fingerprint density at radius 3 is 2.29 bits per heavy atom. The van der Waals surface area contributed by atoms with Crippen LogP contribution in [0.15, 0.2) is 118 Å². The molecule has 0 amide bonds. The third-order valence-corrected chi connectivity index (χ3v) is 9.59. The Morgan fingerprint density at radius 2 is 1.67 bits per heavy atom. The van der Waals surface area contributed by atoms with E-state index in [1.54, 1.807) is 0 Å². The van der Waals surface area contributed by atoms with Crippen molar-refractivity contribution in [3.63, 3.8) is 0 Å². The fourth-order valence-electron chi connectivity index (χ4n) is 6.85. The van der Waals surface area contributed by atoms with Crippen LogP contribution < -0.4 is 11.1 Å². The lowest BCUT2D eigenvalue weighted by Crippen LogP contribution is -2.12. The number of aromatic nitrogens is 1. The van der Waals surface area contributed by atoms with Gasteiger partial charge in [-0.05, 0) is 145 Å². The number of aromatic amines is 1. The van der Waals surface area contributed by atoms with Crippen LogP contribution in [0.2, 0.25) is 0 Å². The summed E-state index contributed by atoms with van der Waals surface area (Å²) in [6, 6.07) is 0. The van der Waals surface area contributed by atoms with E-state index in [0.717, 1.165) is 76.2 Å². The van der Waals surface area contributed by atoms with Gasteiger partial charge in [0.15, 0.2) is 0 Å². The van der Waals surface area contributed by atoms with Crippen molar-refractivity contribution >= 4 is 12.2 Å². The van der Waals surface area contributed by atoms with E-state index < -0.39 is 0 Å². The Bertz CT molecular complexity index is 1600. The molecule has 2 atom stereocenters. The van der Waals surface area contributed by atoms with Crippen LogP contribution in [0.1, 0.15) is 83.3 Å². The van der Waals surface area contributed by atoms with Gasteiger partial charge >= 0.3 is 0 Å². The number of fused-ring (bicyclic) bond motifs is 6. The molecule has 6 bridgehead atoms. The minimum absolute atomic E-state index is 0.270. The second-order valence-electron chi connectivity index (χ2n) is 12.3. The van der Waals surface area contributed by atoms with Crippen LogP contribution in [0.25, 0.3) is 12.2 Å². The largest absolute Gasteiger partial charge is 0.403 e. The average Bonchev–Trinajstić information content (AvgIpc) is 3.51. The molecule has 220 valence electrons. The summed E-state index contributed by atoms with van der Waals surface area (Å²) in [5.41, 5.74) is 25.5. The second-order valence-corrected chi connectivity index (χ2v) is 12.3. The first kappa shape index (κ1) is 31.0. The first-order valence-electron chi connectivity index (χ1n) is 15.1. The highest BCUT2D eigenvalue weighted by Crippen LogP contribution is 2.48. The van der Waals surface area contributed by atoms with Gasteiger partial charge in [0.25, 0.3) is 0 Å². The van der Waals surface area contributed by atoms with Crippen LogP contribution >= 0.6 is 0 Å². The second kappa shape index (κ2) is 12.1. The van der Waals surface area contributed by atoms with Gasteiger partial charge in [-0.3, -0.25) is 0 Å². The number of rotatable bonds is 5. The molecule has 42 heavy (non-hydrogen) atoms. The van der Waals surface area contributed by atoms with E-state index in [2.05, 4.69) is 110 Å². The quantitative estimate of drug-likeness (QED) is 0.336. The molecule has 1 aromatic rings. The molecular formula is C39H49N3. The maximum Gasteiger partial charge on any atom is 0.0422 e. The lowest BCUT2D eigenvalue weighted by molar-refractivity contribution is 0.472. The molecule has 4 N–H and O–H groups in total. The maximum absolute atomic E-state index is 6.05. The monoisotopic (exact) mass is 559 g/mol. The van der Waals surface area contributed by atoms with Gasteiger partial charge in [0.05, 0.1) is 0 Å². The van der Waals surface area contributed by atoms with Crippen LogP contribution in [0.4, 0.5) is 0 Å². The molecule has 0 aromatic carbocycles. The molecule has 1 aliphatic carbocycles. The lowest BCUT2D eigenvalue weighted by atomic mass is 9.85. The van der Waals surface area contributed by atoms with Crippen molar-refractivity contribution < 1.29 is 0 Å². The van der Waals surface area contributed by atoms with Crippen molar-refractivity contribution in [3.8, 4) is 0 Å². The SMILES string of the molecule is C=CC1=C(\C)C(=C)/C=C2\N/C(=C3/CC(=C)/C(=C(C)/C(C)=C/c4[nH]c(c(C)c4CC)\C=C\1C)C3=C)C(CCC(=C)N)C2C. The molecule has 3 heterocycles. The van der Waals surface area contributed by atoms with E-state index in [1.165, 1.54) is 44.8 Å². The van der Waals surface area contributed by atoms with Gasteiger partial charge in [-0.2, -0.15) is 0 Å². The number of nitrogens with one attached hydrogen (secondary N) is 2. The minimum atomic E-state index is 0.270. The van der Waals surface area contributed by atoms with E-state index in [-0.39, 0.29) is 11.8 Å². The van der Waals surface area contributed by atoms with Crippen molar-refractivity contribution in [2.24, 2.45) is 17.6 Å². The molecule has 0 radical (unpaired) electrons. The highest BCUT2D eigenvalue weighted by molar-refractivity contribution is 5.72. The molecule has 3 heteroatoms. The molecule has 2 fully saturated rings. The lowest BCUT2D eigenvalue weighted by Gasteiger charge is -2.18. The van der Waals surface area contributed by atoms with Crippen LogP contribution in [0, 0.1) is 18.8 Å². The topological polar surface area (TPSA) is 53.8 Å². The standard InChI is InChI=1S/C39H49N3/c1-13-31-23(5)20-35-28(10)32(14-2)37(41-35)19-22(4)27(9)38-24(6)17-34(30(38)12)39-33(16-15-25(7)40)29(11)36(42-39)18-21(3)26(31)8/h13,18-20,29,33,41-42H,1,3,6-7,12,14-17,40H2,2,4-5,8-11H3/b22-19+,23-20+,31-26-,36-18-,38-27-,39-34-.